The predicted molar refractivity (Wildman–Crippen MR) is 59.5 cm³/mol. The lowest BCUT2D eigenvalue weighted by Crippen LogP contribution is -2.23. The SMILES string of the molecule is COc1c(CC2CC(=O)NC2=O)c(C)nn1C. The molecule has 1 aliphatic heterocycles. The monoisotopic (exact) mass is 237 g/mol. The molecule has 1 saturated heterocycles. The number of rotatable bonds is 3. The predicted octanol–water partition coefficient (Wildman–Crippen LogP) is -0.0577. The fourth-order valence-electron chi connectivity index (χ4n) is 2.19. The molecule has 2 heterocycles. The fraction of sp³-hybridized carbons (Fsp3) is 0.545. The molecule has 1 N–H and O–H groups in total. The Hall–Kier alpha value is -1.85. The number of hydrogen-bond acceptors (Lipinski definition) is 4. The number of aryl methyl sites for hydroxylation is 2. The van der Waals surface area contributed by atoms with E-state index in [1.165, 1.54) is 0 Å². The van der Waals surface area contributed by atoms with Crippen LogP contribution in [0.15, 0.2) is 0 Å². The number of hydrogen-bond donors (Lipinski definition) is 1. The van der Waals surface area contributed by atoms with E-state index in [0.717, 1.165) is 11.3 Å². The van der Waals surface area contributed by atoms with Crippen molar-refractivity contribution in [1.29, 1.82) is 0 Å². The molecule has 92 valence electrons. The largest absolute Gasteiger partial charge is 0.481 e. The van der Waals surface area contributed by atoms with E-state index in [1.54, 1.807) is 18.8 Å². The quantitative estimate of drug-likeness (QED) is 0.748. The van der Waals surface area contributed by atoms with Gasteiger partial charge in [-0.15, -0.1) is 0 Å². The molecule has 1 aliphatic rings. The van der Waals surface area contributed by atoms with Gasteiger partial charge in [-0.1, -0.05) is 0 Å². The Bertz CT molecular complexity index is 479. The molecular weight excluding hydrogens is 222 g/mol. The highest BCUT2D eigenvalue weighted by molar-refractivity contribution is 6.03. The highest BCUT2D eigenvalue weighted by atomic mass is 16.5. The Balaban J connectivity index is 2.24. The minimum Gasteiger partial charge on any atom is -0.481 e. The lowest BCUT2D eigenvalue weighted by Gasteiger charge is -2.07. The maximum atomic E-state index is 11.5. The number of aromatic nitrogens is 2. The van der Waals surface area contributed by atoms with Gasteiger partial charge in [-0.05, 0) is 13.3 Å². The first-order chi connectivity index (χ1) is 8.02. The molecule has 6 nitrogen and oxygen atoms in total. The summed E-state index contributed by atoms with van der Waals surface area (Å²) in [6.07, 6.45) is 0.733. The van der Waals surface area contributed by atoms with Crippen molar-refractivity contribution in [2.75, 3.05) is 7.11 Å². The first-order valence-corrected chi connectivity index (χ1v) is 5.43. The maximum Gasteiger partial charge on any atom is 0.230 e. The second-order valence-corrected chi connectivity index (χ2v) is 4.21. The van der Waals surface area contributed by atoms with Gasteiger partial charge in [0, 0.05) is 19.0 Å². The third-order valence-corrected chi connectivity index (χ3v) is 3.00. The Kier molecular flexibility index (Phi) is 2.87. The van der Waals surface area contributed by atoms with Crippen LogP contribution in [0.4, 0.5) is 0 Å². The van der Waals surface area contributed by atoms with Crippen LogP contribution < -0.4 is 10.1 Å². The molecule has 0 saturated carbocycles. The molecule has 1 fully saturated rings. The molecule has 0 aromatic carbocycles. The minimum atomic E-state index is -0.306. The molecular formula is C11H15N3O3. The Labute approximate surface area is 98.9 Å². The van der Waals surface area contributed by atoms with Gasteiger partial charge in [0.25, 0.3) is 0 Å². The molecule has 1 aromatic heterocycles. The van der Waals surface area contributed by atoms with E-state index in [1.807, 2.05) is 6.92 Å². The third-order valence-electron chi connectivity index (χ3n) is 3.00. The first-order valence-electron chi connectivity index (χ1n) is 5.43. The Morgan fingerprint density at radius 3 is 2.76 bits per heavy atom. The van der Waals surface area contributed by atoms with Crippen LogP contribution in [0.5, 0.6) is 5.88 Å². The van der Waals surface area contributed by atoms with Gasteiger partial charge >= 0.3 is 0 Å². The maximum absolute atomic E-state index is 11.5. The van der Waals surface area contributed by atoms with Crippen LogP contribution in [-0.2, 0) is 23.1 Å². The lowest BCUT2D eigenvalue weighted by molar-refractivity contribution is -0.125. The fourth-order valence-corrected chi connectivity index (χ4v) is 2.19. The van der Waals surface area contributed by atoms with Gasteiger partial charge in [0.1, 0.15) is 0 Å². The average Bonchev–Trinajstić information content (AvgIpc) is 2.69. The molecule has 17 heavy (non-hydrogen) atoms. The molecule has 2 amide bonds. The van der Waals surface area contributed by atoms with E-state index in [2.05, 4.69) is 10.4 Å². The van der Waals surface area contributed by atoms with Crippen molar-refractivity contribution in [2.24, 2.45) is 13.0 Å². The number of methoxy groups -OCH3 is 1. The van der Waals surface area contributed by atoms with Gasteiger partial charge in [-0.2, -0.15) is 5.10 Å². The smallest absolute Gasteiger partial charge is 0.230 e. The minimum absolute atomic E-state index is 0.208. The summed E-state index contributed by atoms with van der Waals surface area (Å²) in [5.41, 5.74) is 1.72. The lowest BCUT2D eigenvalue weighted by atomic mass is 9.98. The van der Waals surface area contributed by atoms with E-state index >= 15 is 0 Å². The molecule has 0 aliphatic carbocycles. The van der Waals surface area contributed by atoms with Crippen LogP contribution in [0.25, 0.3) is 0 Å². The van der Waals surface area contributed by atoms with Crippen molar-refractivity contribution in [3.05, 3.63) is 11.3 Å². The standard InChI is InChI=1S/C11H15N3O3/c1-6-8(11(17-3)14(2)13-6)4-7-5-9(15)12-10(7)16/h7H,4-5H2,1-3H3,(H,12,15,16). The molecule has 2 rings (SSSR count). The van der Waals surface area contributed by atoms with Gasteiger partial charge in [-0.3, -0.25) is 14.9 Å². The number of nitrogens with one attached hydrogen (secondary N) is 1. The van der Waals surface area contributed by atoms with E-state index in [0.29, 0.717) is 12.3 Å². The summed E-state index contributed by atoms with van der Waals surface area (Å²) in [5.74, 6) is -0.0743. The number of amides is 2. The Morgan fingerprint density at radius 2 is 2.24 bits per heavy atom. The van der Waals surface area contributed by atoms with E-state index < -0.39 is 0 Å². The van der Waals surface area contributed by atoms with Crippen molar-refractivity contribution in [3.63, 3.8) is 0 Å². The molecule has 1 aromatic rings. The second kappa shape index (κ2) is 4.20. The summed E-state index contributed by atoms with van der Waals surface area (Å²) in [4.78, 5) is 22.6. The van der Waals surface area contributed by atoms with Crippen LogP contribution in [0.3, 0.4) is 0 Å². The van der Waals surface area contributed by atoms with Crippen LogP contribution in [0, 0.1) is 12.8 Å². The van der Waals surface area contributed by atoms with Crippen LogP contribution in [0.1, 0.15) is 17.7 Å². The van der Waals surface area contributed by atoms with Crippen molar-refractivity contribution in [2.45, 2.75) is 19.8 Å². The topological polar surface area (TPSA) is 73.2 Å². The zero-order valence-corrected chi connectivity index (χ0v) is 10.1. The number of carbonyl (C=O) groups is 2. The summed E-state index contributed by atoms with van der Waals surface area (Å²) in [7, 11) is 3.36. The summed E-state index contributed by atoms with van der Waals surface area (Å²) in [6.45, 7) is 1.87. The first kappa shape index (κ1) is 11.6. The van der Waals surface area contributed by atoms with E-state index in [4.69, 9.17) is 4.74 Å². The van der Waals surface area contributed by atoms with Crippen molar-refractivity contribution < 1.29 is 14.3 Å². The molecule has 6 heteroatoms. The zero-order chi connectivity index (χ0) is 12.6. The third kappa shape index (κ3) is 2.02. The summed E-state index contributed by atoms with van der Waals surface area (Å²) < 4.78 is 6.89. The normalized spacial score (nSPS) is 19.6. The molecule has 0 spiro atoms. The van der Waals surface area contributed by atoms with Gasteiger partial charge in [0.05, 0.1) is 18.7 Å². The molecule has 1 unspecified atom stereocenters. The molecule has 0 bridgehead atoms. The summed E-state index contributed by atoms with van der Waals surface area (Å²) in [5, 5.41) is 6.55. The van der Waals surface area contributed by atoms with Gasteiger partial charge in [0.15, 0.2) is 0 Å². The zero-order valence-electron chi connectivity index (χ0n) is 10.1. The number of imide groups is 1. The second-order valence-electron chi connectivity index (χ2n) is 4.21. The van der Waals surface area contributed by atoms with Crippen LogP contribution in [-0.4, -0.2) is 28.7 Å². The van der Waals surface area contributed by atoms with E-state index in [-0.39, 0.29) is 24.2 Å². The molecule has 1 atom stereocenters. The number of nitrogens with zero attached hydrogens (tertiary/aromatic N) is 2. The highest BCUT2D eigenvalue weighted by Crippen LogP contribution is 2.26. The van der Waals surface area contributed by atoms with Crippen molar-refractivity contribution in [1.82, 2.24) is 15.1 Å². The molecule has 0 radical (unpaired) electrons. The van der Waals surface area contributed by atoms with Crippen molar-refractivity contribution >= 4 is 11.8 Å². The highest BCUT2D eigenvalue weighted by Gasteiger charge is 2.32. The van der Waals surface area contributed by atoms with Crippen molar-refractivity contribution in [3.8, 4) is 5.88 Å². The van der Waals surface area contributed by atoms with Crippen LogP contribution in [0.2, 0.25) is 0 Å². The average molecular weight is 237 g/mol. The Morgan fingerprint density at radius 1 is 1.53 bits per heavy atom. The summed E-state index contributed by atoms with van der Waals surface area (Å²) in [6, 6.07) is 0. The van der Waals surface area contributed by atoms with Gasteiger partial charge in [0.2, 0.25) is 17.7 Å². The number of ether oxygens (including phenoxy) is 1. The van der Waals surface area contributed by atoms with Gasteiger partial charge in [-0.25, -0.2) is 4.68 Å². The van der Waals surface area contributed by atoms with Crippen LogP contribution >= 0.6 is 0 Å². The summed E-state index contributed by atoms with van der Waals surface area (Å²) >= 11 is 0. The number of carbonyl (C=O) groups excluding carboxylic acids is 2. The van der Waals surface area contributed by atoms with Gasteiger partial charge < -0.3 is 4.74 Å². The van der Waals surface area contributed by atoms with E-state index in [9.17, 15) is 9.59 Å².